The smallest absolute Gasteiger partial charge is 0.129 e. The SMILES string of the molecule is Cc1cc(CNC2CC(C)CC(C)(C)C2)cc(C)c1F. The molecular weight excluding hydrogens is 249 g/mol. The van der Waals surface area contributed by atoms with E-state index in [2.05, 4.69) is 26.1 Å². The van der Waals surface area contributed by atoms with Crippen molar-refractivity contribution >= 4 is 0 Å². The number of rotatable bonds is 3. The first-order chi connectivity index (χ1) is 9.27. The molecule has 0 bridgehead atoms. The predicted molar refractivity (Wildman–Crippen MR) is 83.3 cm³/mol. The van der Waals surface area contributed by atoms with Gasteiger partial charge in [0.2, 0.25) is 0 Å². The van der Waals surface area contributed by atoms with Crippen LogP contribution >= 0.6 is 0 Å². The molecule has 0 spiro atoms. The molecule has 0 heterocycles. The Kier molecular flexibility index (Phi) is 4.53. The van der Waals surface area contributed by atoms with Gasteiger partial charge in [-0.2, -0.15) is 0 Å². The molecule has 20 heavy (non-hydrogen) atoms. The summed E-state index contributed by atoms with van der Waals surface area (Å²) in [6, 6.07) is 4.51. The normalized spacial score (nSPS) is 25.7. The van der Waals surface area contributed by atoms with Crippen molar-refractivity contribution in [2.24, 2.45) is 11.3 Å². The second-order valence-electron chi connectivity index (χ2n) is 7.53. The van der Waals surface area contributed by atoms with Crippen molar-refractivity contribution in [2.75, 3.05) is 0 Å². The van der Waals surface area contributed by atoms with E-state index in [0.29, 0.717) is 11.5 Å². The number of aryl methyl sites for hydroxylation is 2. The molecule has 2 unspecified atom stereocenters. The second kappa shape index (κ2) is 5.85. The van der Waals surface area contributed by atoms with Gasteiger partial charge in [-0.05, 0) is 61.1 Å². The van der Waals surface area contributed by atoms with Gasteiger partial charge in [0.1, 0.15) is 5.82 Å². The maximum absolute atomic E-state index is 13.6. The number of halogens is 1. The fourth-order valence-corrected chi connectivity index (χ4v) is 3.90. The Balaban J connectivity index is 1.98. The molecule has 1 aromatic rings. The van der Waals surface area contributed by atoms with E-state index in [9.17, 15) is 4.39 Å². The molecule has 1 aliphatic carbocycles. The fourth-order valence-electron chi connectivity index (χ4n) is 3.90. The zero-order valence-electron chi connectivity index (χ0n) is 13.5. The van der Waals surface area contributed by atoms with Crippen molar-refractivity contribution < 1.29 is 4.39 Å². The summed E-state index contributed by atoms with van der Waals surface area (Å²) in [7, 11) is 0. The molecule has 0 saturated heterocycles. The van der Waals surface area contributed by atoms with Gasteiger partial charge < -0.3 is 5.32 Å². The van der Waals surface area contributed by atoms with Crippen LogP contribution in [0.3, 0.4) is 0 Å². The highest BCUT2D eigenvalue weighted by Gasteiger charge is 2.31. The Bertz CT molecular complexity index is 455. The van der Waals surface area contributed by atoms with E-state index in [4.69, 9.17) is 0 Å². The summed E-state index contributed by atoms with van der Waals surface area (Å²) in [5, 5.41) is 3.68. The maximum atomic E-state index is 13.6. The third-order valence-electron chi connectivity index (χ3n) is 4.48. The third kappa shape index (κ3) is 3.82. The topological polar surface area (TPSA) is 12.0 Å². The Morgan fingerprint density at radius 2 is 1.80 bits per heavy atom. The molecule has 112 valence electrons. The van der Waals surface area contributed by atoms with Gasteiger partial charge in [-0.3, -0.25) is 0 Å². The molecule has 0 radical (unpaired) electrons. The molecule has 0 aromatic heterocycles. The van der Waals surface area contributed by atoms with Crippen LogP contribution in [0, 0.1) is 31.0 Å². The summed E-state index contributed by atoms with van der Waals surface area (Å²) < 4.78 is 13.6. The maximum Gasteiger partial charge on any atom is 0.129 e. The molecule has 1 aliphatic rings. The minimum absolute atomic E-state index is 0.0684. The summed E-state index contributed by atoms with van der Waals surface area (Å²) in [5.74, 6) is 0.717. The Morgan fingerprint density at radius 3 is 2.35 bits per heavy atom. The Morgan fingerprint density at radius 1 is 1.20 bits per heavy atom. The van der Waals surface area contributed by atoms with Gasteiger partial charge in [0.05, 0.1) is 0 Å². The van der Waals surface area contributed by atoms with Crippen LogP contribution in [0.2, 0.25) is 0 Å². The molecular formula is C18H28FN. The minimum atomic E-state index is -0.0684. The van der Waals surface area contributed by atoms with Crippen LogP contribution in [0.1, 0.15) is 56.7 Å². The van der Waals surface area contributed by atoms with Crippen LogP contribution in [0.25, 0.3) is 0 Å². The van der Waals surface area contributed by atoms with Gasteiger partial charge in [0.25, 0.3) is 0 Å². The first-order valence-electron chi connectivity index (χ1n) is 7.76. The van der Waals surface area contributed by atoms with Crippen LogP contribution in [-0.4, -0.2) is 6.04 Å². The van der Waals surface area contributed by atoms with E-state index in [1.54, 1.807) is 0 Å². The summed E-state index contributed by atoms with van der Waals surface area (Å²) in [4.78, 5) is 0. The first-order valence-corrected chi connectivity index (χ1v) is 7.76. The predicted octanol–water partition coefficient (Wildman–Crippen LogP) is 4.75. The van der Waals surface area contributed by atoms with E-state index in [1.807, 2.05) is 26.0 Å². The summed E-state index contributed by atoms with van der Waals surface area (Å²) in [6.07, 6.45) is 3.80. The molecule has 1 nitrogen and oxygen atoms in total. The van der Waals surface area contributed by atoms with E-state index < -0.39 is 0 Å². The lowest BCUT2D eigenvalue weighted by Gasteiger charge is -2.39. The molecule has 1 N–H and O–H groups in total. The van der Waals surface area contributed by atoms with Crippen molar-refractivity contribution in [2.45, 2.75) is 66.5 Å². The van der Waals surface area contributed by atoms with E-state index >= 15 is 0 Å². The highest BCUT2D eigenvalue weighted by Crippen LogP contribution is 2.38. The fraction of sp³-hybridized carbons (Fsp3) is 0.667. The van der Waals surface area contributed by atoms with Crippen LogP contribution in [-0.2, 0) is 6.54 Å². The van der Waals surface area contributed by atoms with Gasteiger partial charge in [-0.25, -0.2) is 4.39 Å². The number of hydrogen-bond donors (Lipinski definition) is 1. The van der Waals surface area contributed by atoms with E-state index in [1.165, 1.54) is 24.8 Å². The Labute approximate surface area is 123 Å². The quantitative estimate of drug-likeness (QED) is 0.841. The molecule has 2 heteroatoms. The van der Waals surface area contributed by atoms with Crippen molar-refractivity contribution in [3.63, 3.8) is 0 Å². The van der Waals surface area contributed by atoms with Gasteiger partial charge in [-0.1, -0.05) is 32.9 Å². The van der Waals surface area contributed by atoms with Crippen molar-refractivity contribution in [3.8, 4) is 0 Å². The molecule has 2 atom stereocenters. The molecule has 1 aromatic carbocycles. The average Bonchev–Trinajstić information content (AvgIpc) is 2.30. The highest BCUT2D eigenvalue weighted by molar-refractivity contribution is 5.30. The molecule has 0 amide bonds. The first kappa shape index (κ1) is 15.5. The van der Waals surface area contributed by atoms with Gasteiger partial charge in [-0.15, -0.1) is 0 Å². The lowest BCUT2D eigenvalue weighted by atomic mass is 9.70. The molecule has 1 saturated carbocycles. The molecule has 1 fully saturated rings. The van der Waals surface area contributed by atoms with E-state index in [-0.39, 0.29) is 5.82 Å². The standard InChI is InChI=1S/C18H28FN/c1-12-6-16(10-18(4,5)9-12)20-11-15-7-13(2)17(19)14(3)8-15/h7-8,12,16,20H,6,9-11H2,1-5H3. The lowest BCUT2D eigenvalue weighted by molar-refractivity contribution is 0.151. The highest BCUT2D eigenvalue weighted by atomic mass is 19.1. The average molecular weight is 277 g/mol. The lowest BCUT2D eigenvalue weighted by Crippen LogP contribution is -2.39. The number of benzene rings is 1. The summed E-state index contributed by atoms with van der Waals surface area (Å²) in [6.45, 7) is 11.6. The zero-order chi connectivity index (χ0) is 14.9. The van der Waals surface area contributed by atoms with Crippen molar-refractivity contribution in [1.29, 1.82) is 0 Å². The van der Waals surface area contributed by atoms with Gasteiger partial charge >= 0.3 is 0 Å². The van der Waals surface area contributed by atoms with Crippen molar-refractivity contribution in [3.05, 3.63) is 34.6 Å². The molecule has 2 rings (SSSR count). The van der Waals surface area contributed by atoms with Crippen LogP contribution in [0.4, 0.5) is 4.39 Å². The van der Waals surface area contributed by atoms with Crippen molar-refractivity contribution in [1.82, 2.24) is 5.32 Å². The number of hydrogen-bond acceptors (Lipinski definition) is 1. The monoisotopic (exact) mass is 277 g/mol. The zero-order valence-corrected chi connectivity index (χ0v) is 13.5. The third-order valence-corrected chi connectivity index (χ3v) is 4.48. The Hall–Kier alpha value is -0.890. The van der Waals surface area contributed by atoms with Crippen LogP contribution in [0.15, 0.2) is 12.1 Å². The van der Waals surface area contributed by atoms with Crippen LogP contribution < -0.4 is 5.32 Å². The summed E-state index contributed by atoms with van der Waals surface area (Å²) in [5.41, 5.74) is 3.12. The van der Waals surface area contributed by atoms with E-state index in [0.717, 1.165) is 23.6 Å². The van der Waals surface area contributed by atoms with Crippen LogP contribution in [0.5, 0.6) is 0 Å². The van der Waals surface area contributed by atoms with Gasteiger partial charge in [0, 0.05) is 12.6 Å². The second-order valence-corrected chi connectivity index (χ2v) is 7.53. The number of nitrogens with one attached hydrogen (secondary N) is 1. The minimum Gasteiger partial charge on any atom is -0.310 e. The molecule has 0 aliphatic heterocycles. The largest absolute Gasteiger partial charge is 0.310 e. The van der Waals surface area contributed by atoms with Gasteiger partial charge in [0.15, 0.2) is 0 Å². The summed E-state index contributed by atoms with van der Waals surface area (Å²) >= 11 is 0.